The van der Waals surface area contributed by atoms with E-state index in [4.69, 9.17) is 78.5 Å². The van der Waals surface area contributed by atoms with Crippen LogP contribution in [-0.4, -0.2) is 172 Å². The normalized spacial score (nSPS) is 16.4. The van der Waals surface area contributed by atoms with Crippen LogP contribution in [0.1, 0.15) is 181 Å². The van der Waals surface area contributed by atoms with Gasteiger partial charge in [0.15, 0.2) is 10.2 Å². The molecule has 0 aliphatic heterocycles. The van der Waals surface area contributed by atoms with Gasteiger partial charge in [-0.1, -0.05) is 59.1 Å². The Labute approximate surface area is 549 Å². The van der Waals surface area contributed by atoms with E-state index in [0.29, 0.717) is 0 Å². The van der Waals surface area contributed by atoms with E-state index in [1.807, 2.05) is 53.3 Å². The lowest BCUT2D eigenvalue weighted by Gasteiger charge is -2.46. The highest BCUT2D eigenvalue weighted by Crippen LogP contribution is 2.70. The molecule has 9 N–H and O–H groups in total. The van der Waals surface area contributed by atoms with Gasteiger partial charge >= 0.3 is 65.8 Å². The summed E-state index contributed by atoms with van der Waals surface area (Å²) in [6.45, 7) is 38.8. The predicted molar refractivity (Wildman–Crippen MR) is 361 cm³/mol. The van der Waals surface area contributed by atoms with Crippen LogP contribution in [-0.2, 0) is 108 Å². The molecule has 0 aliphatic rings. The van der Waals surface area contributed by atoms with Crippen molar-refractivity contribution in [3.63, 3.8) is 0 Å². The minimum Gasteiger partial charge on any atom is -0.468 e. The van der Waals surface area contributed by atoms with Gasteiger partial charge in [0, 0.05) is 33.2 Å². The predicted octanol–water partition coefficient (Wildman–Crippen LogP) is 13.1. The number of phosphoric acid groups is 3. The van der Waals surface area contributed by atoms with Crippen LogP contribution < -0.4 is 0 Å². The van der Waals surface area contributed by atoms with Crippen LogP contribution >= 0.6 is 91.3 Å². The molecule has 90 heavy (non-hydrogen) atoms. The van der Waals surface area contributed by atoms with Crippen molar-refractivity contribution in [3.05, 3.63) is 0 Å². The van der Waals surface area contributed by atoms with Crippen molar-refractivity contribution in [2.75, 3.05) is 54.4 Å². The Morgan fingerprint density at radius 1 is 0.422 bits per heavy atom. The number of hydrogen-bond acceptors (Lipinski definition) is 24. The van der Waals surface area contributed by atoms with Crippen molar-refractivity contribution in [3.8, 4) is 0 Å². The van der Waals surface area contributed by atoms with E-state index in [9.17, 15) is 60.6 Å². The standard InChI is InChI=1S/C11H24NO4P.C11H24NO3PS.C10H19O5PS2.C4H13O9P3.C4H12O6P2.C4H11O3P.2CH4/c1-10(2,3)17(14,16-8)12(6)11(4,5)9(13)15-7;1-10(2,3)16(17,15-8)12(6)11(4,5)9(13)14-7;1-8(11)17-6-14-16(13,10(3,4)5)15-7-18-9(2)12;1-4(2,3)14(5,6)12-16(10,11)13-15(7,8)9;1-4(2,3)11(5,6)10-12(7,8)9;1-4(2,3)8(5,6)7;;/h2*1-8H3;6-7H2,1-5H3;1-3H3,(H,5,6)(H,10,11)(H2,7,8,9);1-3H3,(H,5,6)(H2,7,8,9);1-3H3,(H2,5,6,7);2*1H4. The smallest absolute Gasteiger partial charge is 0.468 e. The molecule has 0 heterocycles. The van der Waals surface area contributed by atoms with Crippen LogP contribution in [0.25, 0.3) is 0 Å². The summed E-state index contributed by atoms with van der Waals surface area (Å²) < 4.78 is 135. The van der Waals surface area contributed by atoms with Crippen molar-refractivity contribution in [2.24, 2.45) is 0 Å². The summed E-state index contributed by atoms with van der Waals surface area (Å²) in [7, 11) is -25.5. The SMILES string of the molecule is C.C.CC(=O)SCOP(=O)(OCSC(C)=O)C(C)(C)C.CC(C)(C)P(=O)(O)O.CC(C)(C)P(=O)(O)OP(=O)(O)O.CC(C)(C)P(=O)(O)OP(=O)(O)OP(=O)(O)O.COC(=O)C(C)(C)N(C)P(=O)(OC)C(C)(C)C.COC(=O)C(C)(C)N(C)P(=S)(OC)C(C)(C)C. The number of hydrogen-bond donors (Lipinski definition) is 9. The molecule has 32 nitrogen and oxygen atoms in total. The van der Waals surface area contributed by atoms with Gasteiger partial charge in [-0.15, -0.1) is 0 Å². The summed E-state index contributed by atoms with van der Waals surface area (Å²) in [5.41, 5.74) is -1.80. The van der Waals surface area contributed by atoms with Gasteiger partial charge in [0.05, 0.1) is 40.0 Å². The van der Waals surface area contributed by atoms with Gasteiger partial charge in [-0.3, -0.25) is 51.1 Å². The second-order valence-corrected chi connectivity index (χ2v) is 50.4. The second-order valence-electron chi connectivity index (χ2n) is 25.1. The Morgan fingerprint density at radius 2 is 0.700 bits per heavy atom. The lowest BCUT2D eigenvalue weighted by molar-refractivity contribution is -0.150. The zero-order valence-electron chi connectivity index (χ0n) is 56.2. The van der Waals surface area contributed by atoms with E-state index < -0.39 is 111 Å². The summed E-state index contributed by atoms with van der Waals surface area (Å²) in [6, 6.07) is 0. The van der Waals surface area contributed by atoms with Gasteiger partial charge in [-0.2, -0.15) is 4.31 Å². The molecule has 0 aromatic rings. The third kappa shape index (κ3) is 38.8. The Balaban J connectivity index is -0.000000151. The zero-order chi connectivity index (χ0) is 73.2. The minimum absolute atomic E-state index is 0. The lowest BCUT2D eigenvalue weighted by Crippen LogP contribution is -2.49. The first-order valence-electron chi connectivity index (χ1n) is 25.3. The van der Waals surface area contributed by atoms with Gasteiger partial charge in [0.1, 0.15) is 29.4 Å². The molecule has 0 bridgehead atoms. The van der Waals surface area contributed by atoms with Crippen molar-refractivity contribution >= 4 is 125 Å². The largest absolute Gasteiger partial charge is 0.488 e. The molecule has 548 valence electrons. The topological polar surface area (TPSA) is 476 Å². The first-order valence-corrected chi connectivity index (χ1v) is 42.4. The number of likely N-dealkylation sites (N-methyl/N-ethyl adjacent to an activating group) is 2. The summed E-state index contributed by atoms with van der Waals surface area (Å²) in [4.78, 5) is 122. The van der Waals surface area contributed by atoms with E-state index >= 15 is 0 Å². The number of esters is 2. The van der Waals surface area contributed by atoms with E-state index in [-0.39, 0.29) is 48.1 Å². The average molecular weight is 1550 g/mol. The van der Waals surface area contributed by atoms with Gasteiger partial charge in [-0.05, 0) is 157 Å². The van der Waals surface area contributed by atoms with Gasteiger partial charge in [-0.25, -0.2) is 31.7 Å². The molecule has 0 saturated carbocycles. The van der Waals surface area contributed by atoms with Gasteiger partial charge in [0.2, 0.25) is 0 Å². The first-order chi connectivity index (χ1) is 37.8. The average Bonchev–Trinajstić information content (AvgIpc) is 3.26. The van der Waals surface area contributed by atoms with Crippen LogP contribution in [0, 0.1) is 0 Å². The molecule has 44 heteroatoms. The van der Waals surface area contributed by atoms with Crippen LogP contribution in [0.2, 0.25) is 0 Å². The fraction of sp³-hybridized carbons (Fsp3) is 0.913. The van der Waals surface area contributed by atoms with Gasteiger partial charge in [0.25, 0.3) is 7.52 Å². The molecule has 0 aromatic heterocycles. The number of carbonyl (C=O) groups excluding carboxylic acids is 4. The second kappa shape index (κ2) is 39.5. The maximum atomic E-state index is 12.9. The maximum absolute atomic E-state index is 12.9. The third-order valence-electron chi connectivity index (χ3n) is 11.0. The number of carbonyl (C=O) groups is 4. The Bertz CT molecular complexity index is 2620. The molecule has 0 saturated heterocycles. The molecule has 0 aliphatic carbocycles. The van der Waals surface area contributed by atoms with Crippen molar-refractivity contribution < 1.29 is 140 Å². The molecule has 5 atom stereocenters. The highest BCUT2D eigenvalue weighted by molar-refractivity contribution is 8.14. The summed E-state index contributed by atoms with van der Waals surface area (Å²) in [5, 5.41) is -5.23. The number of nitrogens with zero attached hydrogens (tertiary/aromatic N) is 2. The summed E-state index contributed by atoms with van der Waals surface area (Å²) in [5.74, 6) is -0.791. The number of ether oxygens (including phenoxy) is 2. The Kier molecular flexibility index (Phi) is 46.9. The number of thioether (sulfide) groups is 2. The van der Waals surface area contributed by atoms with Crippen LogP contribution in [0.3, 0.4) is 0 Å². The van der Waals surface area contributed by atoms with Crippen molar-refractivity contribution in [2.45, 2.75) is 223 Å². The van der Waals surface area contributed by atoms with E-state index in [1.54, 1.807) is 62.6 Å². The number of methoxy groups -OCH3 is 2. The molecule has 0 aromatic carbocycles. The molecular weight excluding hydrogens is 1440 g/mol. The fourth-order valence-corrected chi connectivity index (χ4v) is 18.5. The first kappa shape index (κ1) is 107. The Hall–Kier alpha value is 0.750. The fourth-order valence-electron chi connectivity index (χ4n) is 4.57. The summed E-state index contributed by atoms with van der Waals surface area (Å²) in [6.07, 6.45) is -2.30. The van der Waals surface area contributed by atoms with E-state index in [0.717, 1.165) is 23.5 Å². The molecule has 5 unspecified atom stereocenters. The number of rotatable bonds is 20. The van der Waals surface area contributed by atoms with Crippen LogP contribution in [0.4, 0.5) is 0 Å². The van der Waals surface area contributed by atoms with Gasteiger partial charge < -0.3 is 62.6 Å². The molecule has 0 radical (unpaired) electrons. The molecule has 0 rings (SSSR count). The van der Waals surface area contributed by atoms with Crippen LogP contribution in [0.15, 0.2) is 0 Å². The zero-order valence-corrected chi connectivity index (χ0v) is 66.7. The molecule has 0 amide bonds. The van der Waals surface area contributed by atoms with E-state index in [1.165, 1.54) is 102 Å². The van der Waals surface area contributed by atoms with E-state index in [2.05, 4.69) is 12.9 Å². The minimum atomic E-state index is -5.31. The molecule has 0 spiro atoms. The molecule has 0 fully saturated rings. The highest BCUT2D eigenvalue weighted by atomic mass is 32.4. The van der Waals surface area contributed by atoms with Crippen molar-refractivity contribution in [1.82, 2.24) is 9.34 Å². The monoisotopic (exact) mass is 1550 g/mol. The molecular formula is C46H111N2O30P9S3. The third-order valence-corrected chi connectivity index (χ3v) is 35.2. The van der Waals surface area contributed by atoms with Crippen LogP contribution in [0.5, 0.6) is 0 Å². The quantitative estimate of drug-likeness (QED) is 0.0310. The summed E-state index contributed by atoms with van der Waals surface area (Å²) >= 11 is 7.54. The Morgan fingerprint density at radius 3 is 0.878 bits per heavy atom. The maximum Gasteiger partial charge on any atom is 0.488 e. The lowest BCUT2D eigenvalue weighted by atomic mass is 10.1. The van der Waals surface area contributed by atoms with Crippen molar-refractivity contribution in [1.29, 1.82) is 0 Å². The highest BCUT2D eigenvalue weighted by Gasteiger charge is 2.51.